The Kier molecular flexibility index (Phi) is 6.37. The molecule has 0 saturated heterocycles. The smallest absolute Gasteiger partial charge is 0.0356 e. The fraction of sp³-hybridized carbons (Fsp3) is 0.875. The molecule has 1 aliphatic rings. The van der Waals surface area contributed by atoms with Crippen LogP contribution in [-0.4, -0.2) is 37.1 Å². The number of hydrogen-bond acceptors (Lipinski definition) is 2. The van der Waals surface area contributed by atoms with E-state index in [0.717, 1.165) is 13.0 Å². The number of allylic oxidation sites excluding steroid dienone is 1. The Bertz CT molecular complexity index is 252. The van der Waals surface area contributed by atoms with Crippen LogP contribution >= 0.6 is 0 Å². The molecule has 1 unspecified atom stereocenters. The Morgan fingerprint density at radius 3 is 2.33 bits per heavy atom. The summed E-state index contributed by atoms with van der Waals surface area (Å²) >= 11 is 0. The summed E-state index contributed by atoms with van der Waals surface area (Å²) in [5.41, 5.74) is 1.67. The summed E-state index contributed by atoms with van der Waals surface area (Å²) in [5, 5.41) is 3.75. The lowest BCUT2D eigenvalue weighted by atomic mass is 9.73. The Hall–Kier alpha value is -0.340. The molecule has 0 heterocycles. The van der Waals surface area contributed by atoms with E-state index in [9.17, 15) is 0 Å². The second kappa shape index (κ2) is 7.30. The van der Waals surface area contributed by atoms with Gasteiger partial charge in [0.1, 0.15) is 0 Å². The van der Waals surface area contributed by atoms with Gasteiger partial charge in [-0.2, -0.15) is 0 Å². The summed E-state index contributed by atoms with van der Waals surface area (Å²) in [6.45, 7) is 9.49. The molecule has 1 rings (SSSR count). The first-order valence-corrected chi connectivity index (χ1v) is 7.58. The highest BCUT2D eigenvalue weighted by Crippen LogP contribution is 2.36. The van der Waals surface area contributed by atoms with E-state index in [1.807, 2.05) is 0 Å². The quantitative estimate of drug-likeness (QED) is 0.697. The molecule has 0 bridgehead atoms. The van der Waals surface area contributed by atoms with Crippen molar-refractivity contribution in [1.29, 1.82) is 0 Å². The van der Waals surface area contributed by atoms with Gasteiger partial charge in [-0.25, -0.2) is 0 Å². The highest BCUT2D eigenvalue weighted by atomic mass is 15.2. The number of nitrogens with zero attached hydrogens (tertiary/aromatic N) is 1. The predicted molar refractivity (Wildman–Crippen MR) is 81.0 cm³/mol. The van der Waals surface area contributed by atoms with Gasteiger partial charge in [0.05, 0.1) is 0 Å². The maximum atomic E-state index is 4.06. The summed E-state index contributed by atoms with van der Waals surface area (Å²) in [5.74, 6) is 0. The van der Waals surface area contributed by atoms with Crippen molar-refractivity contribution in [3.05, 3.63) is 12.2 Å². The highest BCUT2D eigenvalue weighted by Gasteiger charge is 2.40. The van der Waals surface area contributed by atoms with Crippen LogP contribution in [0.2, 0.25) is 0 Å². The van der Waals surface area contributed by atoms with Crippen LogP contribution in [0.1, 0.15) is 58.8 Å². The Balaban J connectivity index is 2.79. The van der Waals surface area contributed by atoms with E-state index in [2.05, 4.69) is 44.7 Å². The first-order valence-electron chi connectivity index (χ1n) is 7.58. The van der Waals surface area contributed by atoms with E-state index < -0.39 is 0 Å². The van der Waals surface area contributed by atoms with Gasteiger partial charge in [0.15, 0.2) is 0 Å². The van der Waals surface area contributed by atoms with Crippen molar-refractivity contribution in [2.24, 2.45) is 0 Å². The zero-order chi connectivity index (χ0) is 13.6. The van der Waals surface area contributed by atoms with Gasteiger partial charge < -0.3 is 10.2 Å². The highest BCUT2D eigenvalue weighted by molar-refractivity contribution is 5.02. The molecule has 2 heteroatoms. The zero-order valence-electron chi connectivity index (χ0n) is 12.9. The van der Waals surface area contributed by atoms with Crippen molar-refractivity contribution in [3.8, 4) is 0 Å². The molecule has 0 spiro atoms. The third-order valence-electron chi connectivity index (χ3n) is 4.57. The maximum Gasteiger partial charge on any atom is 0.0356 e. The SMILES string of the molecule is C=C(C)CCC(NCC)C1(N(C)C)CCCCC1. The molecule has 0 amide bonds. The largest absolute Gasteiger partial charge is 0.312 e. The average Bonchev–Trinajstić information content (AvgIpc) is 2.34. The molecule has 18 heavy (non-hydrogen) atoms. The molecule has 1 saturated carbocycles. The zero-order valence-corrected chi connectivity index (χ0v) is 12.9. The molecule has 1 fully saturated rings. The van der Waals surface area contributed by atoms with Crippen molar-refractivity contribution in [1.82, 2.24) is 10.2 Å². The van der Waals surface area contributed by atoms with E-state index in [4.69, 9.17) is 0 Å². The standard InChI is InChI=1S/C16H32N2/c1-6-17-15(11-10-14(2)3)16(18(4)5)12-8-7-9-13-16/h15,17H,2,6-13H2,1,3-5H3. The molecule has 106 valence electrons. The summed E-state index contributed by atoms with van der Waals surface area (Å²) in [6.07, 6.45) is 9.23. The van der Waals surface area contributed by atoms with Crippen LogP contribution in [-0.2, 0) is 0 Å². The number of nitrogens with one attached hydrogen (secondary N) is 1. The number of likely N-dealkylation sites (N-methyl/N-ethyl adjacent to an activating group) is 2. The van der Waals surface area contributed by atoms with Crippen LogP contribution in [0.3, 0.4) is 0 Å². The average molecular weight is 252 g/mol. The minimum absolute atomic E-state index is 0.365. The minimum atomic E-state index is 0.365. The van der Waals surface area contributed by atoms with Gasteiger partial charge in [-0.1, -0.05) is 31.8 Å². The Labute approximate surface area is 114 Å². The molecule has 0 radical (unpaired) electrons. The summed E-state index contributed by atoms with van der Waals surface area (Å²) in [7, 11) is 4.52. The van der Waals surface area contributed by atoms with Crippen LogP contribution in [0, 0.1) is 0 Å². The third kappa shape index (κ3) is 3.83. The second-order valence-electron chi connectivity index (χ2n) is 6.16. The van der Waals surface area contributed by atoms with Crippen LogP contribution in [0.5, 0.6) is 0 Å². The molecule has 2 nitrogen and oxygen atoms in total. The van der Waals surface area contributed by atoms with E-state index in [-0.39, 0.29) is 0 Å². The van der Waals surface area contributed by atoms with Gasteiger partial charge in [0.25, 0.3) is 0 Å². The lowest BCUT2D eigenvalue weighted by Gasteiger charge is -2.49. The molecular weight excluding hydrogens is 220 g/mol. The second-order valence-corrected chi connectivity index (χ2v) is 6.16. The third-order valence-corrected chi connectivity index (χ3v) is 4.57. The van der Waals surface area contributed by atoms with E-state index >= 15 is 0 Å². The van der Waals surface area contributed by atoms with E-state index in [1.54, 1.807) is 0 Å². The first-order chi connectivity index (χ1) is 8.53. The topological polar surface area (TPSA) is 15.3 Å². The van der Waals surface area contributed by atoms with Crippen molar-refractivity contribution >= 4 is 0 Å². The van der Waals surface area contributed by atoms with Crippen LogP contribution in [0.4, 0.5) is 0 Å². The van der Waals surface area contributed by atoms with Crippen molar-refractivity contribution < 1.29 is 0 Å². The van der Waals surface area contributed by atoms with Crippen LogP contribution in [0.15, 0.2) is 12.2 Å². The van der Waals surface area contributed by atoms with Gasteiger partial charge in [0.2, 0.25) is 0 Å². The molecule has 0 aromatic carbocycles. The lowest BCUT2D eigenvalue weighted by molar-refractivity contribution is 0.0542. The van der Waals surface area contributed by atoms with Crippen molar-refractivity contribution in [2.45, 2.75) is 70.4 Å². The Morgan fingerprint density at radius 1 is 1.28 bits per heavy atom. The summed E-state index contributed by atoms with van der Waals surface area (Å²) in [4.78, 5) is 2.48. The van der Waals surface area contributed by atoms with Gasteiger partial charge in [-0.05, 0) is 53.2 Å². The molecule has 0 aromatic rings. The Morgan fingerprint density at radius 2 is 1.89 bits per heavy atom. The summed E-state index contributed by atoms with van der Waals surface area (Å²) < 4.78 is 0. The fourth-order valence-electron chi connectivity index (χ4n) is 3.47. The molecule has 0 aromatic heterocycles. The summed E-state index contributed by atoms with van der Waals surface area (Å²) in [6, 6.07) is 0.606. The van der Waals surface area contributed by atoms with Gasteiger partial charge in [0, 0.05) is 11.6 Å². The normalized spacial score (nSPS) is 20.9. The van der Waals surface area contributed by atoms with Gasteiger partial charge >= 0.3 is 0 Å². The molecule has 0 aliphatic heterocycles. The number of rotatable bonds is 7. The molecule has 1 atom stereocenters. The van der Waals surface area contributed by atoms with Gasteiger partial charge in [-0.15, -0.1) is 6.58 Å². The first kappa shape index (κ1) is 15.7. The van der Waals surface area contributed by atoms with E-state index in [1.165, 1.54) is 44.1 Å². The van der Waals surface area contributed by atoms with Crippen LogP contribution in [0.25, 0.3) is 0 Å². The van der Waals surface area contributed by atoms with Crippen molar-refractivity contribution in [2.75, 3.05) is 20.6 Å². The van der Waals surface area contributed by atoms with Crippen molar-refractivity contribution in [3.63, 3.8) is 0 Å². The number of hydrogen-bond donors (Lipinski definition) is 1. The van der Waals surface area contributed by atoms with Crippen LogP contribution < -0.4 is 5.32 Å². The monoisotopic (exact) mass is 252 g/mol. The fourth-order valence-corrected chi connectivity index (χ4v) is 3.47. The molecule has 1 N–H and O–H groups in total. The van der Waals surface area contributed by atoms with Gasteiger partial charge in [-0.3, -0.25) is 0 Å². The lowest BCUT2D eigenvalue weighted by Crippen LogP contribution is -2.60. The predicted octanol–water partition coefficient (Wildman–Crippen LogP) is 3.59. The molecular formula is C16H32N2. The van der Waals surface area contributed by atoms with E-state index in [0.29, 0.717) is 11.6 Å². The molecule has 1 aliphatic carbocycles. The minimum Gasteiger partial charge on any atom is -0.312 e. The maximum absolute atomic E-state index is 4.06.